The Morgan fingerprint density at radius 1 is 1.86 bits per heavy atom. The van der Waals surface area contributed by atoms with E-state index in [1.807, 2.05) is 27.3 Å². The van der Waals surface area contributed by atoms with Crippen molar-refractivity contribution in [3.63, 3.8) is 0 Å². The summed E-state index contributed by atoms with van der Waals surface area (Å²) in [5.74, 6) is 0. The molecule has 0 fully saturated rings. The Labute approximate surface area is 43.6 Å². The standard InChI is InChI=1S/C4H7BN2/c1-7-3-4(5)2-6-7/h2-3H,5H2,1H3. The lowest BCUT2D eigenvalue weighted by molar-refractivity contribution is 0.768. The molecule has 0 unspecified atom stereocenters. The Morgan fingerprint density at radius 3 is 2.71 bits per heavy atom. The van der Waals surface area contributed by atoms with Gasteiger partial charge in [0.15, 0.2) is 0 Å². The van der Waals surface area contributed by atoms with Crippen LogP contribution in [0.15, 0.2) is 12.4 Å². The Kier molecular flexibility index (Phi) is 0.892. The maximum absolute atomic E-state index is 3.93. The zero-order valence-electron chi connectivity index (χ0n) is 4.55. The van der Waals surface area contributed by atoms with Crippen molar-refractivity contribution in [1.29, 1.82) is 0 Å². The highest BCUT2D eigenvalue weighted by molar-refractivity contribution is 6.31. The number of hydrogen-bond donors (Lipinski definition) is 0. The number of rotatable bonds is 0. The van der Waals surface area contributed by atoms with Crippen molar-refractivity contribution < 1.29 is 0 Å². The molecule has 0 bridgehead atoms. The lowest BCUT2D eigenvalue weighted by Crippen LogP contribution is -1.95. The van der Waals surface area contributed by atoms with E-state index < -0.39 is 0 Å². The van der Waals surface area contributed by atoms with Crippen molar-refractivity contribution in [2.45, 2.75) is 0 Å². The van der Waals surface area contributed by atoms with E-state index in [2.05, 4.69) is 5.10 Å². The van der Waals surface area contributed by atoms with Gasteiger partial charge in [0, 0.05) is 19.4 Å². The van der Waals surface area contributed by atoms with Crippen molar-refractivity contribution in [3.05, 3.63) is 12.4 Å². The van der Waals surface area contributed by atoms with E-state index in [-0.39, 0.29) is 0 Å². The first kappa shape index (κ1) is 4.43. The fraction of sp³-hybridized carbons (Fsp3) is 0.250. The van der Waals surface area contributed by atoms with Gasteiger partial charge in [0.1, 0.15) is 7.85 Å². The van der Waals surface area contributed by atoms with Crippen molar-refractivity contribution in [2.24, 2.45) is 7.05 Å². The highest BCUT2D eigenvalue weighted by Crippen LogP contribution is 1.69. The average molecular weight is 93.9 g/mol. The molecular formula is C4H7BN2. The minimum absolute atomic E-state index is 1.21. The second-order valence-electron chi connectivity index (χ2n) is 1.69. The van der Waals surface area contributed by atoms with Gasteiger partial charge < -0.3 is 0 Å². The van der Waals surface area contributed by atoms with Gasteiger partial charge in [-0.3, -0.25) is 4.68 Å². The third-order valence-electron chi connectivity index (χ3n) is 0.834. The Balaban J connectivity index is 3.04. The Morgan fingerprint density at radius 2 is 2.57 bits per heavy atom. The van der Waals surface area contributed by atoms with Crippen LogP contribution in [0.3, 0.4) is 0 Å². The second kappa shape index (κ2) is 1.41. The predicted molar refractivity (Wildman–Crippen MR) is 31.4 cm³/mol. The van der Waals surface area contributed by atoms with E-state index in [0.29, 0.717) is 0 Å². The molecule has 1 rings (SSSR count). The van der Waals surface area contributed by atoms with E-state index >= 15 is 0 Å². The van der Waals surface area contributed by atoms with Crippen molar-refractivity contribution >= 4 is 13.3 Å². The van der Waals surface area contributed by atoms with Gasteiger partial charge in [0.05, 0.1) is 0 Å². The number of aryl methyl sites for hydroxylation is 1. The molecular weight excluding hydrogens is 86.9 g/mol. The molecule has 0 spiro atoms. The first-order valence-corrected chi connectivity index (χ1v) is 2.24. The topological polar surface area (TPSA) is 17.8 Å². The molecule has 0 N–H and O–H groups in total. The molecule has 0 atom stereocenters. The summed E-state index contributed by atoms with van der Waals surface area (Å²) in [6, 6.07) is 0. The molecule has 1 aromatic rings. The number of nitrogens with zero attached hydrogens (tertiary/aromatic N) is 2. The SMILES string of the molecule is Bc1cnn(C)c1. The lowest BCUT2D eigenvalue weighted by Gasteiger charge is -1.78. The quantitative estimate of drug-likeness (QED) is 0.364. The zero-order valence-corrected chi connectivity index (χ0v) is 4.55. The maximum atomic E-state index is 3.93. The van der Waals surface area contributed by atoms with Gasteiger partial charge in [0.25, 0.3) is 0 Å². The summed E-state index contributed by atoms with van der Waals surface area (Å²) in [6.45, 7) is 0. The number of aromatic nitrogens is 2. The van der Waals surface area contributed by atoms with Crippen LogP contribution >= 0.6 is 0 Å². The smallest absolute Gasteiger partial charge is 0.143 e. The maximum Gasteiger partial charge on any atom is 0.143 e. The molecule has 2 nitrogen and oxygen atoms in total. The fourth-order valence-corrected chi connectivity index (χ4v) is 0.544. The van der Waals surface area contributed by atoms with Crippen molar-refractivity contribution in [2.75, 3.05) is 0 Å². The van der Waals surface area contributed by atoms with Crippen LogP contribution in [0.4, 0.5) is 0 Å². The molecule has 0 aliphatic rings. The van der Waals surface area contributed by atoms with Crippen LogP contribution in [0.1, 0.15) is 0 Å². The van der Waals surface area contributed by atoms with Crippen LogP contribution in [0.5, 0.6) is 0 Å². The Bertz CT molecular complexity index is 142. The molecule has 0 aliphatic heterocycles. The summed E-state index contributed by atoms with van der Waals surface area (Å²) in [5, 5.41) is 3.93. The molecule has 0 aromatic carbocycles. The molecule has 0 aliphatic carbocycles. The summed E-state index contributed by atoms with van der Waals surface area (Å²) < 4.78 is 1.79. The lowest BCUT2D eigenvalue weighted by atomic mass is 10.0. The van der Waals surface area contributed by atoms with Gasteiger partial charge in [-0.2, -0.15) is 5.10 Å². The molecule has 0 amide bonds. The van der Waals surface area contributed by atoms with Crippen LogP contribution in [0, 0.1) is 0 Å². The van der Waals surface area contributed by atoms with E-state index in [4.69, 9.17) is 0 Å². The molecule has 1 heterocycles. The van der Waals surface area contributed by atoms with Gasteiger partial charge in [-0.25, -0.2) is 0 Å². The van der Waals surface area contributed by atoms with Crippen LogP contribution in [0.25, 0.3) is 0 Å². The van der Waals surface area contributed by atoms with E-state index in [9.17, 15) is 0 Å². The molecule has 0 radical (unpaired) electrons. The van der Waals surface area contributed by atoms with E-state index in [0.717, 1.165) is 0 Å². The largest absolute Gasteiger partial charge is 0.276 e. The van der Waals surface area contributed by atoms with Gasteiger partial charge in [0.2, 0.25) is 0 Å². The van der Waals surface area contributed by atoms with Gasteiger partial charge in [-0.1, -0.05) is 5.46 Å². The third kappa shape index (κ3) is 0.826. The van der Waals surface area contributed by atoms with Gasteiger partial charge in [-0.05, 0) is 0 Å². The van der Waals surface area contributed by atoms with E-state index in [1.54, 1.807) is 4.68 Å². The average Bonchev–Trinajstić information content (AvgIpc) is 1.87. The van der Waals surface area contributed by atoms with Crippen LogP contribution in [-0.4, -0.2) is 17.6 Å². The molecule has 1 aromatic heterocycles. The normalized spacial score (nSPS) is 9.29. The predicted octanol–water partition coefficient (Wildman–Crippen LogP) is -1.32. The van der Waals surface area contributed by atoms with Crippen molar-refractivity contribution in [3.8, 4) is 0 Å². The summed E-state index contributed by atoms with van der Waals surface area (Å²) in [5.41, 5.74) is 1.21. The summed E-state index contributed by atoms with van der Waals surface area (Å²) in [7, 11) is 3.93. The van der Waals surface area contributed by atoms with Crippen molar-refractivity contribution in [1.82, 2.24) is 9.78 Å². The van der Waals surface area contributed by atoms with Crippen LogP contribution < -0.4 is 5.46 Å². The third-order valence-corrected chi connectivity index (χ3v) is 0.834. The molecule has 36 valence electrons. The molecule has 0 saturated heterocycles. The number of hydrogen-bond acceptors (Lipinski definition) is 1. The van der Waals surface area contributed by atoms with Gasteiger partial charge in [-0.15, -0.1) is 0 Å². The summed E-state index contributed by atoms with van der Waals surface area (Å²) >= 11 is 0. The first-order chi connectivity index (χ1) is 3.29. The minimum Gasteiger partial charge on any atom is -0.276 e. The summed E-state index contributed by atoms with van der Waals surface area (Å²) in [6.07, 6.45) is 3.81. The highest BCUT2D eigenvalue weighted by Gasteiger charge is 1.81. The summed E-state index contributed by atoms with van der Waals surface area (Å²) in [4.78, 5) is 0. The minimum atomic E-state index is 1.21. The highest BCUT2D eigenvalue weighted by atomic mass is 15.2. The van der Waals surface area contributed by atoms with E-state index in [1.165, 1.54) is 5.46 Å². The van der Waals surface area contributed by atoms with Crippen LogP contribution in [-0.2, 0) is 7.05 Å². The second-order valence-corrected chi connectivity index (χ2v) is 1.69. The first-order valence-electron chi connectivity index (χ1n) is 2.24. The molecule has 7 heavy (non-hydrogen) atoms. The van der Waals surface area contributed by atoms with Gasteiger partial charge >= 0.3 is 0 Å². The van der Waals surface area contributed by atoms with Crippen LogP contribution in [0.2, 0.25) is 0 Å². The monoisotopic (exact) mass is 94.1 g/mol. The zero-order chi connectivity index (χ0) is 5.28. The Hall–Kier alpha value is -0.725. The molecule has 0 saturated carbocycles. The fourth-order valence-electron chi connectivity index (χ4n) is 0.544. The molecule has 3 heteroatoms.